The minimum Gasteiger partial charge on any atom is -0.369 e. The molecule has 8 nitrogen and oxygen atoms in total. The monoisotopic (exact) mass is 494 g/mol. The zero-order valence-corrected chi connectivity index (χ0v) is 21.3. The Hall–Kier alpha value is -4.33. The molecule has 2 aromatic carbocycles. The second-order valence-electron chi connectivity index (χ2n) is 9.43. The first-order chi connectivity index (χ1) is 17.9. The number of aromatic nitrogens is 3. The molecular formula is C29H30N6O2. The Morgan fingerprint density at radius 2 is 1.92 bits per heavy atom. The largest absolute Gasteiger partial charge is 0.369 e. The molecule has 2 amide bonds. The molecule has 0 radical (unpaired) electrons. The summed E-state index contributed by atoms with van der Waals surface area (Å²) in [6.07, 6.45) is 4.12. The van der Waals surface area contributed by atoms with Gasteiger partial charge in [0.2, 0.25) is 5.91 Å². The van der Waals surface area contributed by atoms with Crippen LogP contribution in [0.25, 0.3) is 22.2 Å². The van der Waals surface area contributed by atoms with E-state index in [0.29, 0.717) is 18.7 Å². The molecular weight excluding hydrogens is 464 g/mol. The lowest BCUT2D eigenvalue weighted by Gasteiger charge is -2.28. The maximum absolute atomic E-state index is 12.3. The molecule has 4 aromatic rings. The molecule has 5 rings (SSSR count). The third-order valence-electron chi connectivity index (χ3n) is 7.02. The predicted octanol–water partition coefficient (Wildman–Crippen LogP) is 4.17. The first kappa shape index (κ1) is 24.4. The molecule has 0 unspecified atom stereocenters. The fourth-order valence-electron chi connectivity index (χ4n) is 4.89. The van der Waals surface area contributed by atoms with Crippen molar-refractivity contribution >= 4 is 28.5 Å². The minimum atomic E-state index is -0.125. The van der Waals surface area contributed by atoms with E-state index in [0.717, 1.165) is 46.5 Å². The van der Waals surface area contributed by atoms with Crippen LogP contribution in [0.15, 0.2) is 61.1 Å². The molecule has 37 heavy (non-hydrogen) atoms. The molecule has 1 atom stereocenters. The van der Waals surface area contributed by atoms with E-state index < -0.39 is 0 Å². The fourth-order valence-corrected chi connectivity index (χ4v) is 4.89. The summed E-state index contributed by atoms with van der Waals surface area (Å²) in [5, 5.41) is 6.98. The van der Waals surface area contributed by atoms with Crippen LogP contribution in [-0.2, 0) is 17.8 Å². The highest BCUT2D eigenvalue weighted by Crippen LogP contribution is 2.28. The summed E-state index contributed by atoms with van der Waals surface area (Å²) in [6.45, 7) is 5.78. The van der Waals surface area contributed by atoms with Gasteiger partial charge in [-0.25, -0.2) is 9.97 Å². The number of carbonyl (C=O) groups excluding carboxylic acids is 2. The predicted molar refractivity (Wildman–Crippen MR) is 144 cm³/mol. The van der Waals surface area contributed by atoms with E-state index in [9.17, 15) is 9.59 Å². The summed E-state index contributed by atoms with van der Waals surface area (Å²) in [5.74, 6) is 0.833. The molecule has 2 N–H and O–H groups in total. The van der Waals surface area contributed by atoms with E-state index in [1.54, 1.807) is 32.6 Å². The molecule has 8 heteroatoms. The van der Waals surface area contributed by atoms with Gasteiger partial charge >= 0.3 is 0 Å². The zero-order chi connectivity index (χ0) is 25.9. The molecule has 1 aliphatic rings. The minimum absolute atomic E-state index is 0.102. The van der Waals surface area contributed by atoms with E-state index >= 15 is 0 Å². The number of hydrogen-bond acceptors (Lipinski definition) is 6. The number of anilines is 1. The lowest BCUT2D eigenvalue weighted by molar-refractivity contribution is -0.129. The number of pyridine rings is 1. The van der Waals surface area contributed by atoms with Gasteiger partial charge in [0.15, 0.2) is 0 Å². The summed E-state index contributed by atoms with van der Waals surface area (Å²) in [7, 11) is 1.63. The number of rotatable bonds is 6. The smallest absolute Gasteiger partial charge is 0.251 e. The van der Waals surface area contributed by atoms with Crippen molar-refractivity contribution in [3.05, 3.63) is 83.3 Å². The highest BCUT2D eigenvalue weighted by molar-refractivity contribution is 6.06. The third kappa shape index (κ3) is 5.00. The first-order valence-electron chi connectivity index (χ1n) is 12.5. The van der Waals surface area contributed by atoms with Gasteiger partial charge in [-0.2, -0.15) is 0 Å². The van der Waals surface area contributed by atoms with Crippen LogP contribution in [0.5, 0.6) is 0 Å². The summed E-state index contributed by atoms with van der Waals surface area (Å²) in [6, 6.07) is 16.0. The van der Waals surface area contributed by atoms with Crippen molar-refractivity contribution in [1.82, 2.24) is 25.2 Å². The fraction of sp³-hybridized carbons (Fsp3) is 0.276. The van der Waals surface area contributed by atoms with Gasteiger partial charge < -0.3 is 15.5 Å². The number of nitrogens with one attached hydrogen (secondary N) is 2. The standard InChI is InChI=1S/C29H30N6O2/c1-18(23-5-4-6-24-25(29(37)30-3)9-11-31-28(23)24)15-32-27-14-26(33-17-34-27)21-8-7-20-10-12-35(19(2)36)16-22(20)13-21/h4-9,11,13-14,17-18H,10,12,15-16H2,1-3H3,(H,30,37)(H,32,33,34)/t18-/m1/s1. The number of fused-ring (bicyclic) bond motifs is 2. The normalized spacial score (nSPS) is 13.6. The SMILES string of the molecule is CNC(=O)c1ccnc2c([C@H](C)CNc3cc(-c4ccc5c(c4)CN(C(C)=O)CC5)ncn3)cccc12. The van der Waals surface area contributed by atoms with Crippen LogP contribution >= 0.6 is 0 Å². The van der Waals surface area contributed by atoms with Crippen molar-refractivity contribution < 1.29 is 9.59 Å². The summed E-state index contributed by atoms with van der Waals surface area (Å²) < 4.78 is 0. The van der Waals surface area contributed by atoms with Gasteiger partial charge in [-0.1, -0.05) is 37.3 Å². The van der Waals surface area contributed by atoms with Crippen molar-refractivity contribution in [2.45, 2.75) is 32.7 Å². The Morgan fingerprint density at radius 3 is 2.73 bits per heavy atom. The van der Waals surface area contributed by atoms with Crippen LogP contribution in [0.3, 0.4) is 0 Å². The number of benzene rings is 2. The third-order valence-corrected chi connectivity index (χ3v) is 7.02. The van der Waals surface area contributed by atoms with Crippen LogP contribution < -0.4 is 10.6 Å². The number of hydrogen-bond donors (Lipinski definition) is 2. The Bertz CT molecular complexity index is 1480. The van der Waals surface area contributed by atoms with Crippen LogP contribution in [-0.4, -0.2) is 51.8 Å². The topological polar surface area (TPSA) is 100 Å². The molecule has 0 bridgehead atoms. The van der Waals surface area contributed by atoms with E-state index in [-0.39, 0.29) is 17.7 Å². The van der Waals surface area contributed by atoms with Crippen LogP contribution in [0.2, 0.25) is 0 Å². The van der Waals surface area contributed by atoms with Gasteiger partial charge in [-0.15, -0.1) is 0 Å². The molecule has 3 heterocycles. The highest BCUT2D eigenvalue weighted by atomic mass is 16.2. The molecule has 0 aliphatic carbocycles. The Kier molecular flexibility index (Phi) is 6.81. The quantitative estimate of drug-likeness (QED) is 0.417. The molecule has 2 aromatic heterocycles. The van der Waals surface area contributed by atoms with Gasteiger partial charge in [0.25, 0.3) is 5.91 Å². The van der Waals surface area contributed by atoms with Gasteiger partial charge in [-0.05, 0) is 35.2 Å². The van der Waals surface area contributed by atoms with E-state index in [2.05, 4.69) is 56.8 Å². The highest BCUT2D eigenvalue weighted by Gasteiger charge is 2.19. The molecule has 0 saturated carbocycles. The number of nitrogens with zero attached hydrogens (tertiary/aromatic N) is 4. The molecule has 188 valence electrons. The Labute approximate surface area is 216 Å². The maximum atomic E-state index is 12.3. The first-order valence-corrected chi connectivity index (χ1v) is 12.5. The van der Waals surface area contributed by atoms with Crippen LogP contribution in [0, 0.1) is 0 Å². The molecule has 0 saturated heterocycles. The van der Waals surface area contributed by atoms with Crippen molar-refractivity contribution in [3.63, 3.8) is 0 Å². The molecule has 1 aliphatic heterocycles. The average molecular weight is 495 g/mol. The number of amides is 2. The van der Waals surface area contributed by atoms with Crippen molar-refractivity contribution in [2.24, 2.45) is 0 Å². The summed E-state index contributed by atoms with van der Waals surface area (Å²) in [4.78, 5) is 39.5. The van der Waals surface area contributed by atoms with Crippen LogP contribution in [0.4, 0.5) is 5.82 Å². The van der Waals surface area contributed by atoms with E-state index in [1.807, 2.05) is 23.1 Å². The molecule has 0 spiro atoms. The van der Waals surface area contributed by atoms with Crippen molar-refractivity contribution in [1.29, 1.82) is 0 Å². The van der Waals surface area contributed by atoms with E-state index in [1.165, 1.54) is 11.1 Å². The lowest BCUT2D eigenvalue weighted by atomic mass is 9.96. The second-order valence-corrected chi connectivity index (χ2v) is 9.43. The second kappa shape index (κ2) is 10.3. The van der Waals surface area contributed by atoms with Gasteiger partial charge in [0.1, 0.15) is 12.1 Å². The summed E-state index contributed by atoms with van der Waals surface area (Å²) >= 11 is 0. The zero-order valence-electron chi connectivity index (χ0n) is 21.3. The lowest BCUT2D eigenvalue weighted by Crippen LogP contribution is -2.34. The van der Waals surface area contributed by atoms with Crippen molar-refractivity contribution in [3.8, 4) is 11.3 Å². The van der Waals surface area contributed by atoms with Gasteiger partial charge in [-0.3, -0.25) is 14.6 Å². The van der Waals surface area contributed by atoms with Crippen LogP contribution in [0.1, 0.15) is 46.8 Å². The van der Waals surface area contributed by atoms with Gasteiger partial charge in [0, 0.05) is 62.7 Å². The van der Waals surface area contributed by atoms with Crippen molar-refractivity contribution in [2.75, 3.05) is 25.5 Å². The average Bonchev–Trinajstić information content (AvgIpc) is 2.94. The van der Waals surface area contributed by atoms with Gasteiger partial charge in [0.05, 0.1) is 16.8 Å². The Morgan fingerprint density at radius 1 is 1.05 bits per heavy atom. The Balaban J connectivity index is 1.34. The number of para-hydroxylation sites is 1. The summed E-state index contributed by atoms with van der Waals surface area (Å²) in [5.41, 5.74) is 6.79. The molecule has 0 fully saturated rings. The number of carbonyl (C=O) groups is 2. The maximum Gasteiger partial charge on any atom is 0.251 e. The van der Waals surface area contributed by atoms with E-state index in [4.69, 9.17) is 0 Å².